The van der Waals surface area contributed by atoms with Gasteiger partial charge >= 0.3 is 6.18 Å². The zero-order valence-electron chi connectivity index (χ0n) is 19.4. The van der Waals surface area contributed by atoms with Gasteiger partial charge in [0.25, 0.3) is 5.91 Å². The number of amides is 1. The number of carbonyl (C=O) groups excluding carboxylic acids is 1. The summed E-state index contributed by atoms with van der Waals surface area (Å²) in [5, 5.41) is 12.5. The van der Waals surface area contributed by atoms with Crippen LogP contribution in [-0.2, 0) is 6.18 Å². The molecular formula is C25H31F4N3O2. The lowest BCUT2D eigenvalue weighted by Crippen LogP contribution is -2.31. The van der Waals surface area contributed by atoms with Gasteiger partial charge in [0, 0.05) is 37.0 Å². The number of nitrogens with zero attached hydrogens (tertiary/aromatic N) is 2. The van der Waals surface area contributed by atoms with Crippen LogP contribution in [0, 0.1) is 17.7 Å². The van der Waals surface area contributed by atoms with Crippen molar-refractivity contribution >= 4 is 11.7 Å². The number of likely N-dealkylation sites (tertiary alicyclic amines) is 1. The first-order chi connectivity index (χ1) is 16.1. The molecule has 2 N–H and O–H groups in total. The summed E-state index contributed by atoms with van der Waals surface area (Å²) in [6, 6.07) is 5.59. The molecule has 1 saturated heterocycles. The molecule has 3 rings (SSSR count). The van der Waals surface area contributed by atoms with Crippen molar-refractivity contribution in [1.29, 1.82) is 0 Å². The monoisotopic (exact) mass is 481 g/mol. The highest BCUT2D eigenvalue weighted by atomic mass is 19.4. The zero-order valence-corrected chi connectivity index (χ0v) is 19.4. The smallest absolute Gasteiger partial charge is 0.396 e. The van der Waals surface area contributed by atoms with Crippen LogP contribution in [0.1, 0.15) is 67.1 Å². The number of anilines is 1. The van der Waals surface area contributed by atoms with Gasteiger partial charge < -0.3 is 15.3 Å². The van der Waals surface area contributed by atoms with Crippen LogP contribution in [0.25, 0.3) is 0 Å². The van der Waals surface area contributed by atoms with E-state index >= 15 is 0 Å². The van der Waals surface area contributed by atoms with Crippen molar-refractivity contribution in [1.82, 2.24) is 9.88 Å². The van der Waals surface area contributed by atoms with Gasteiger partial charge in [0.15, 0.2) is 0 Å². The number of carbonyl (C=O) groups is 1. The highest BCUT2D eigenvalue weighted by Crippen LogP contribution is 2.39. The number of aliphatic hydroxyl groups is 1. The van der Waals surface area contributed by atoms with Crippen LogP contribution in [0.2, 0.25) is 0 Å². The zero-order chi connectivity index (χ0) is 24.9. The molecule has 0 bridgehead atoms. The largest absolute Gasteiger partial charge is 0.419 e. The summed E-state index contributed by atoms with van der Waals surface area (Å²) in [5.74, 6) is -0.477. The van der Waals surface area contributed by atoms with Gasteiger partial charge in [0.05, 0.1) is 11.6 Å². The number of aromatic nitrogens is 1. The number of hydrogen-bond donors (Lipinski definition) is 2. The van der Waals surface area contributed by atoms with Crippen LogP contribution in [0.3, 0.4) is 0 Å². The molecule has 1 aliphatic heterocycles. The molecule has 1 aliphatic rings. The van der Waals surface area contributed by atoms with Crippen LogP contribution >= 0.6 is 0 Å². The van der Waals surface area contributed by atoms with Crippen LogP contribution in [-0.4, -0.2) is 40.6 Å². The quantitative estimate of drug-likeness (QED) is 0.453. The summed E-state index contributed by atoms with van der Waals surface area (Å²) in [6.45, 7) is 5.24. The number of hydrogen-bond acceptors (Lipinski definition) is 4. The molecule has 2 unspecified atom stereocenters. The maximum Gasteiger partial charge on any atom is 0.419 e. The normalized spacial score (nSPS) is 17.3. The summed E-state index contributed by atoms with van der Waals surface area (Å²) in [6.07, 6.45) is -0.762. The molecule has 186 valence electrons. The van der Waals surface area contributed by atoms with E-state index in [1.54, 1.807) is 12.1 Å². The van der Waals surface area contributed by atoms with Crippen molar-refractivity contribution in [2.75, 3.05) is 25.0 Å². The van der Waals surface area contributed by atoms with E-state index in [0.717, 1.165) is 6.42 Å². The van der Waals surface area contributed by atoms with Crippen molar-refractivity contribution in [3.63, 3.8) is 0 Å². The molecule has 0 spiro atoms. The molecule has 2 atom stereocenters. The molecular weight excluding hydrogens is 450 g/mol. The third-order valence-electron chi connectivity index (χ3n) is 6.13. The first kappa shape index (κ1) is 25.9. The van der Waals surface area contributed by atoms with E-state index in [9.17, 15) is 27.5 Å². The molecule has 2 aromatic rings. The fourth-order valence-corrected chi connectivity index (χ4v) is 4.59. The number of pyridine rings is 1. The summed E-state index contributed by atoms with van der Waals surface area (Å²) >= 11 is 0. The van der Waals surface area contributed by atoms with Gasteiger partial charge in [-0.1, -0.05) is 26.0 Å². The molecule has 0 saturated carbocycles. The van der Waals surface area contributed by atoms with Crippen LogP contribution < -0.4 is 5.32 Å². The third-order valence-corrected chi connectivity index (χ3v) is 6.13. The number of nitrogens with one attached hydrogen (secondary N) is 1. The SMILES string of the molecule is CC(C)CC(CCO)CNc1cc(C(=O)N2CCCC2c2cccc(C(F)(F)F)c2F)ccn1. The Balaban J connectivity index is 1.77. The maximum absolute atomic E-state index is 14.8. The molecule has 5 nitrogen and oxygen atoms in total. The summed E-state index contributed by atoms with van der Waals surface area (Å²) in [5.41, 5.74) is -1.11. The van der Waals surface area contributed by atoms with E-state index in [1.165, 1.54) is 23.2 Å². The Bertz CT molecular complexity index is 981. The summed E-state index contributed by atoms with van der Waals surface area (Å²) in [4.78, 5) is 19.0. The molecule has 9 heteroatoms. The number of alkyl halides is 3. The predicted molar refractivity (Wildman–Crippen MR) is 122 cm³/mol. The molecule has 1 aromatic carbocycles. The molecule has 34 heavy (non-hydrogen) atoms. The minimum Gasteiger partial charge on any atom is -0.396 e. The van der Waals surface area contributed by atoms with Gasteiger partial charge in [-0.3, -0.25) is 4.79 Å². The van der Waals surface area contributed by atoms with Crippen LogP contribution in [0.4, 0.5) is 23.4 Å². The van der Waals surface area contributed by atoms with E-state index in [0.29, 0.717) is 55.7 Å². The molecule has 0 radical (unpaired) electrons. The van der Waals surface area contributed by atoms with E-state index in [4.69, 9.17) is 0 Å². The van der Waals surface area contributed by atoms with E-state index in [1.807, 2.05) is 0 Å². The van der Waals surface area contributed by atoms with Gasteiger partial charge in [0.1, 0.15) is 11.6 Å². The number of aliphatic hydroxyl groups excluding tert-OH is 1. The second-order valence-electron chi connectivity index (χ2n) is 9.18. The van der Waals surface area contributed by atoms with Gasteiger partial charge in [-0.25, -0.2) is 9.37 Å². The van der Waals surface area contributed by atoms with E-state index in [-0.39, 0.29) is 24.0 Å². The second-order valence-corrected chi connectivity index (χ2v) is 9.18. The average molecular weight is 482 g/mol. The lowest BCUT2D eigenvalue weighted by atomic mass is 9.94. The van der Waals surface area contributed by atoms with Gasteiger partial charge in [0.2, 0.25) is 0 Å². The Morgan fingerprint density at radius 3 is 2.74 bits per heavy atom. The lowest BCUT2D eigenvalue weighted by Gasteiger charge is -2.26. The molecule has 1 aromatic heterocycles. The Kier molecular flexibility index (Phi) is 8.52. The minimum atomic E-state index is -4.80. The average Bonchev–Trinajstić information content (AvgIpc) is 3.26. The number of rotatable bonds is 9. The van der Waals surface area contributed by atoms with Gasteiger partial charge in [-0.2, -0.15) is 13.2 Å². The van der Waals surface area contributed by atoms with E-state index in [2.05, 4.69) is 24.1 Å². The van der Waals surface area contributed by atoms with Crippen molar-refractivity contribution in [3.05, 3.63) is 59.0 Å². The van der Waals surface area contributed by atoms with E-state index < -0.39 is 23.6 Å². The van der Waals surface area contributed by atoms with Crippen molar-refractivity contribution < 1.29 is 27.5 Å². The Morgan fingerprint density at radius 1 is 1.29 bits per heavy atom. The highest BCUT2D eigenvalue weighted by Gasteiger charge is 2.38. The highest BCUT2D eigenvalue weighted by molar-refractivity contribution is 5.95. The molecule has 1 fully saturated rings. The lowest BCUT2D eigenvalue weighted by molar-refractivity contribution is -0.140. The van der Waals surface area contributed by atoms with Gasteiger partial charge in [-0.05, 0) is 55.7 Å². The van der Waals surface area contributed by atoms with Gasteiger partial charge in [-0.15, -0.1) is 0 Å². The summed E-state index contributed by atoms with van der Waals surface area (Å²) in [7, 11) is 0. The Labute approximate surface area is 197 Å². The molecule has 0 aliphatic carbocycles. The topological polar surface area (TPSA) is 65.5 Å². The summed E-state index contributed by atoms with van der Waals surface area (Å²) < 4.78 is 54.3. The Morgan fingerprint density at radius 2 is 2.06 bits per heavy atom. The second kappa shape index (κ2) is 11.2. The first-order valence-electron chi connectivity index (χ1n) is 11.6. The fourth-order valence-electron chi connectivity index (χ4n) is 4.59. The van der Waals surface area contributed by atoms with Crippen molar-refractivity contribution in [2.24, 2.45) is 11.8 Å². The third kappa shape index (κ3) is 6.25. The number of benzene rings is 1. The molecule has 2 heterocycles. The maximum atomic E-state index is 14.8. The standard InChI is InChI=1S/C25H31F4N3O2/c1-16(2)13-17(9-12-33)15-31-22-14-18(8-10-30-22)24(34)32-11-4-7-21(32)19-5-3-6-20(23(19)26)25(27,28)29/h3,5-6,8,10,14,16-17,21,33H,4,7,9,11-13,15H2,1-2H3,(H,30,31). The molecule has 1 amide bonds. The fraction of sp³-hybridized carbons (Fsp3) is 0.520. The predicted octanol–water partition coefficient (Wildman–Crippen LogP) is 5.67. The van der Waals surface area contributed by atoms with Crippen molar-refractivity contribution in [3.8, 4) is 0 Å². The van der Waals surface area contributed by atoms with Crippen molar-refractivity contribution in [2.45, 2.75) is 51.7 Å². The number of halogens is 4. The van der Waals surface area contributed by atoms with Crippen LogP contribution in [0.15, 0.2) is 36.5 Å². The minimum absolute atomic E-state index is 0.0907. The first-order valence-corrected chi connectivity index (χ1v) is 11.6. The van der Waals surface area contributed by atoms with Crippen LogP contribution in [0.5, 0.6) is 0 Å². The Hall–Kier alpha value is -2.68.